The first-order valence-electron chi connectivity index (χ1n) is 9.01. The van der Waals surface area contributed by atoms with Crippen LogP contribution in [-0.2, 0) is 14.4 Å². The molecule has 2 aliphatic rings. The summed E-state index contributed by atoms with van der Waals surface area (Å²) in [5, 5.41) is 2.76. The van der Waals surface area contributed by atoms with Crippen molar-refractivity contribution in [2.75, 3.05) is 7.05 Å². The van der Waals surface area contributed by atoms with E-state index < -0.39 is 5.41 Å². The molecule has 0 aromatic carbocycles. The minimum atomic E-state index is -0.436. The quantitative estimate of drug-likeness (QED) is 0.733. The third-order valence-electron chi connectivity index (χ3n) is 5.16. The second kappa shape index (κ2) is 6.96. The van der Waals surface area contributed by atoms with Crippen LogP contribution < -0.4 is 5.32 Å². The van der Waals surface area contributed by atoms with Crippen LogP contribution in [0.2, 0.25) is 0 Å². The smallest absolute Gasteiger partial charge is 0.247 e. The summed E-state index contributed by atoms with van der Waals surface area (Å²) in [6.07, 6.45) is 0. The lowest BCUT2D eigenvalue weighted by Crippen LogP contribution is -2.68. The third kappa shape index (κ3) is 4.33. The number of likely N-dealkylation sites (tertiary alicyclic amines) is 2. The Hall–Kier alpha value is -1.59. The summed E-state index contributed by atoms with van der Waals surface area (Å²) in [6.45, 7) is 17.8. The molecule has 2 heterocycles. The Bertz CT molecular complexity index is 545. The summed E-state index contributed by atoms with van der Waals surface area (Å²) in [5.74, 6) is 0.449. The van der Waals surface area contributed by atoms with Gasteiger partial charge in [0.15, 0.2) is 0 Å². The fourth-order valence-corrected chi connectivity index (χ4v) is 3.02. The summed E-state index contributed by atoms with van der Waals surface area (Å²) in [7, 11) is 1.74. The molecule has 0 saturated carbocycles. The lowest BCUT2D eigenvalue weighted by molar-refractivity contribution is -0.162. The first kappa shape index (κ1) is 21.5. The molecule has 0 aromatic rings. The van der Waals surface area contributed by atoms with Crippen LogP contribution >= 0.6 is 0 Å². The van der Waals surface area contributed by atoms with Crippen molar-refractivity contribution in [1.82, 2.24) is 15.1 Å². The van der Waals surface area contributed by atoms with Gasteiger partial charge in [0.2, 0.25) is 17.7 Å². The molecule has 0 aliphatic carbocycles. The fraction of sp³-hybridized carbons (Fsp3) is 0.842. The maximum absolute atomic E-state index is 11.6. The Morgan fingerprint density at radius 3 is 1.68 bits per heavy atom. The van der Waals surface area contributed by atoms with E-state index in [1.807, 2.05) is 39.5 Å². The molecular formula is C19H35N3O3. The molecule has 25 heavy (non-hydrogen) atoms. The molecule has 6 heteroatoms. The molecule has 4 unspecified atom stereocenters. The summed E-state index contributed by atoms with van der Waals surface area (Å²) in [6, 6.07) is 0.197. The van der Waals surface area contributed by atoms with Crippen molar-refractivity contribution in [3.05, 3.63) is 0 Å². The highest BCUT2D eigenvalue weighted by molar-refractivity contribution is 5.94. The second-order valence-corrected chi connectivity index (χ2v) is 9.30. The van der Waals surface area contributed by atoms with E-state index in [-0.39, 0.29) is 35.4 Å². The average molecular weight is 354 g/mol. The summed E-state index contributed by atoms with van der Waals surface area (Å²) in [5.41, 5.74) is -0.433. The van der Waals surface area contributed by atoms with E-state index in [4.69, 9.17) is 0 Å². The summed E-state index contributed by atoms with van der Waals surface area (Å²) in [4.78, 5) is 37.9. The van der Waals surface area contributed by atoms with Gasteiger partial charge in [-0.15, -0.1) is 0 Å². The molecule has 4 atom stereocenters. The van der Waals surface area contributed by atoms with Crippen molar-refractivity contribution in [3.8, 4) is 0 Å². The molecule has 2 rings (SSSR count). The van der Waals surface area contributed by atoms with E-state index >= 15 is 0 Å². The number of carbonyl (C=O) groups excluding carboxylic acids is 3. The van der Waals surface area contributed by atoms with Crippen molar-refractivity contribution in [1.29, 1.82) is 0 Å². The van der Waals surface area contributed by atoms with Gasteiger partial charge in [0.1, 0.15) is 6.04 Å². The topological polar surface area (TPSA) is 69.7 Å². The van der Waals surface area contributed by atoms with Gasteiger partial charge in [-0.2, -0.15) is 0 Å². The van der Waals surface area contributed by atoms with Crippen LogP contribution in [0, 0.1) is 11.3 Å². The van der Waals surface area contributed by atoms with Gasteiger partial charge in [-0.25, -0.2) is 0 Å². The van der Waals surface area contributed by atoms with Crippen molar-refractivity contribution in [2.24, 2.45) is 11.3 Å². The first-order chi connectivity index (χ1) is 11.1. The molecule has 0 bridgehead atoms. The maximum atomic E-state index is 11.6. The van der Waals surface area contributed by atoms with Gasteiger partial charge < -0.3 is 15.1 Å². The van der Waals surface area contributed by atoms with Crippen LogP contribution in [0.25, 0.3) is 0 Å². The van der Waals surface area contributed by atoms with E-state index in [1.165, 1.54) is 0 Å². The number of hydrogen-bond acceptors (Lipinski definition) is 3. The lowest BCUT2D eigenvalue weighted by Gasteiger charge is -2.51. The number of carbonyl (C=O) groups is 3. The van der Waals surface area contributed by atoms with E-state index in [9.17, 15) is 14.4 Å². The van der Waals surface area contributed by atoms with E-state index in [2.05, 4.69) is 33.0 Å². The molecule has 0 radical (unpaired) electrons. The van der Waals surface area contributed by atoms with Crippen molar-refractivity contribution in [2.45, 2.75) is 86.0 Å². The van der Waals surface area contributed by atoms with Crippen LogP contribution in [0.4, 0.5) is 0 Å². The molecule has 2 aliphatic heterocycles. The van der Waals surface area contributed by atoms with Gasteiger partial charge in [0.05, 0.1) is 12.0 Å². The van der Waals surface area contributed by atoms with Crippen LogP contribution in [0.1, 0.15) is 62.3 Å². The molecular weight excluding hydrogens is 318 g/mol. The standard InChI is InChI=1S/C10H18N2O2.C9H17NO/c1-6-7(8(13)12(6)5)11-9(14)10(2,3)4;1-6-7(2)10(8(6)11)9(3,4)5/h6-7H,1-5H3,(H,11,14);6-7H,1-5H3. The predicted molar refractivity (Wildman–Crippen MR) is 98.8 cm³/mol. The number of nitrogens with one attached hydrogen (secondary N) is 1. The summed E-state index contributed by atoms with van der Waals surface area (Å²) < 4.78 is 0. The Morgan fingerprint density at radius 2 is 1.40 bits per heavy atom. The van der Waals surface area contributed by atoms with Gasteiger partial charge in [0, 0.05) is 24.0 Å². The number of nitrogens with zero attached hydrogens (tertiary/aromatic N) is 2. The minimum Gasteiger partial charge on any atom is -0.342 e. The molecule has 6 nitrogen and oxygen atoms in total. The van der Waals surface area contributed by atoms with Gasteiger partial charge in [-0.3, -0.25) is 14.4 Å². The highest BCUT2D eigenvalue weighted by atomic mass is 16.2. The van der Waals surface area contributed by atoms with E-state index in [1.54, 1.807) is 11.9 Å². The van der Waals surface area contributed by atoms with Crippen molar-refractivity contribution in [3.63, 3.8) is 0 Å². The number of hydrogen-bond donors (Lipinski definition) is 1. The maximum Gasteiger partial charge on any atom is 0.247 e. The largest absolute Gasteiger partial charge is 0.342 e. The van der Waals surface area contributed by atoms with Gasteiger partial charge >= 0.3 is 0 Å². The molecule has 144 valence electrons. The minimum absolute atomic E-state index is 0.00299. The number of likely N-dealkylation sites (N-methyl/N-ethyl adjacent to an activating group) is 1. The molecule has 2 fully saturated rings. The zero-order valence-electron chi connectivity index (χ0n) is 17.4. The zero-order valence-corrected chi connectivity index (χ0v) is 17.4. The molecule has 1 N–H and O–H groups in total. The number of β-lactam (4-membered cyclic amide) rings is 2. The number of rotatable bonds is 1. The molecule has 3 amide bonds. The van der Waals surface area contributed by atoms with Gasteiger partial charge in [-0.05, 0) is 34.6 Å². The Kier molecular flexibility index (Phi) is 5.97. The van der Waals surface area contributed by atoms with Crippen molar-refractivity contribution >= 4 is 17.7 Å². The number of amides is 3. The highest BCUT2D eigenvalue weighted by Crippen LogP contribution is 2.32. The average Bonchev–Trinajstić information content (AvgIpc) is 2.49. The monoisotopic (exact) mass is 353 g/mol. The SMILES string of the molecule is CC1C(=O)N(C(C)(C)C)C1C.CC1C(NC(=O)C(C)(C)C)C(=O)N1C. The van der Waals surface area contributed by atoms with Crippen LogP contribution in [-0.4, -0.2) is 58.2 Å². The Labute approximate surface area is 152 Å². The van der Waals surface area contributed by atoms with Crippen LogP contribution in [0.15, 0.2) is 0 Å². The van der Waals surface area contributed by atoms with Crippen LogP contribution in [0.3, 0.4) is 0 Å². The molecule has 0 spiro atoms. The Morgan fingerprint density at radius 1 is 0.920 bits per heavy atom. The van der Waals surface area contributed by atoms with E-state index in [0.29, 0.717) is 11.9 Å². The van der Waals surface area contributed by atoms with Gasteiger partial charge in [0.25, 0.3) is 0 Å². The van der Waals surface area contributed by atoms with Crippen LogP contribution in [0.5, 0.6) is 0 Å². The fourth-order valence-electron chi connectivity index (χ4n) is 3.02. The third-order valence-corrected chi connectivity index (χ3v) is 5.16. The van der Waals surface area contributed by atoms with Gasteiger partial charge in [-0.1, -0.05) is 27.7 Å². The van der Waals surface area contributed by atoms with Crippen molar-refractivity contribution < 1.29 is 14.4 Å². The lowest BCUT2D eigenvalue weighted by atomic mass is 9.85. The first-order valence-corrected chi connectivity index (χ1v) is 9.01. The second-order valence-electron chi connectivity index (χ2n) is 9.30. The molecule has 0 aromatic heterocycles. The normalized spacial score (nSPS) is 29.4. The summed E-state index contributed by atoms with van der Waals surface area (Å²) >= 11 is 0. The van der Waals surface area contributed by atoms with E-state index in [0.717, 1.165) is 0 Å². The predicted octanol–water partition coefficient (Wildman–Crippen LogP) is 2.03. The molecule has 2 saturated heterocycles. The zero-order chi connectivity index (χ0) is 19.9. The Balaban J connectivity index is 0.000000257. The highest BCUT2D eigenvalue weighted by Gasteiger charge is 2.46.